The Balaban J connectivity index is 1.72. The average molecular weight is 467 g/mol. The Kier molecular flexibility index (Phi) is 5.79. The van der Waals surface area contributed by atoms with Gasteiger partial charge in [-0.05, 0) is 76.9 Å². The predicted octanol–water partition coefficient (Wildman–Crippen LogP) is 5.19. The highest BCUT2D eigenvalue weighted by atomic mass is 32.1. The zero-order chi connectivity index (χ0) is 23.3. The fraction of sp³-hybridized carbons (Fsp3) is 0.462. The average Bonchev–Trinajstić information content (AvgIpc) is 3.55. The molecule has 0 amide bonds. The maximum absolute atomic E-state index is 13.3. The monoisotopic (exact) mass is 466 g/mol. The molecule has 1 aromatic carbocycles. The van der Waals surface area contributed by atoms with Gasteiger partial charge in [0.1, 0.15) is 5.56 Å². The van der Waals surface area contributed by atoms with Gasteiger partial charge in [-0.1, -0.05) is 0 Å². The van der Waals surface area contributed by atoms with E-state index >= 15 is 0 Å². The molecule has 2 heterocycles. The summed E-state index contributed by atoms with van der Waals surface area (Å²) < 4.78 is 13.2. The molecular formula is C26H30N2O4S. The number of hydrogen-bond donors (Lipinski definition) is 0. The lowest BCUT2D eigenvalue weighted by atomic mass is 9.92. The van der Waals surface area contributed by atoms with Crippen LogP contribution in [0.25, 0.3) is 21.3 Å². The fourth-order valence-corrected chi connectivity index (χ4v) is 6.30. The first kappa shape index (κ1) is 22.2. The summed E-state index contributed by atoms with van der Waals surface area (Å²) in [6, 6.07) is 6.82. The van der Waals surface area contributed by atoms with Gasteiger partial charge in [-0.2, -0.15) is 0 Å². The summed E-state index contributed by atoms with van der Waals surface area (Å²) in [5, 5.41) is 0.501. The zero-order valence-corrected chi connectivity index (χ0v) is 20.5. The minimum Gasteiger partial charge on any atom is -0.494 e. The van der Waals surface area contributed by atoms with Gasteiger partial charge in [0.15, 0.2) is 5.75 Å². The minimum absolute atomic E-state index is 0.0893. The third-order valence-electron chi connectivity index (χ3n) is 6.76. The van der Waals surface area contributed by atoms with E-state index in [1.165, 1.54) is 23.3 Å². The molecule has 1 unspecified atom stereocenters. The number of aryl methyl sites for hydroxylation is 1. The number of rotatable bonds is 6. The van der Waals surface area contributed by atoms with Crippen LogP contribution in [-0.4, -0.2) is 43.2 Å². The van der Waals surface area contributed by atoms with Gasteiger partial charge in [-0.15, -0.1) is 11.3 Å². The standard InChI is InChI=1S/C26H30N2O4S/c1-5-32-26(30)19-14-28(15-9-10-15)23-17(24(19)29)12-11-16(25(23)31-4)22-13-18-20(27(2)3)7-6-8-21(18)33-22/h11-15,20H,5-10H2,1-4H3. The Morgan fingerprint density at radius 3 is 2.70 bits per heavy atom. The molecule has 33 heavy (non-hydrogen) atoms. The van der Waals surface area contributed by atoms with Crippen molar-refractivity contribution >= 4 is 28.2 Å². The molecule has 0 bridgehead atoms. The Hall–Kier alpha value is -2.64. The summed E-state index contributed by atoms with van der Waals surface area (Å²) in [5.74, 6) is 0.134. The molecule has 0 aliphatic heterocycles. The van der Waals surface area contributed by atoms with Gasteiger partial charge in [-0.25, -0.2) is 4.79 Å². The maximum atomic E-state index is 13.3. The molecule has 1 fully saturated rings. The van der Waals surface area contributed by atoms with Crippen molar-refractivity contribution in [2.45, 2.75) is 51.1 Å². The second kappa shape index (κ2) is 8.61. The first-order chi connectivity index (χ1) is 15.9. The number of aromatic nitrogens is 1. The molecule has 1 atom stereocenters. The van der Waals surface area contributed by atoms with Crippen LogP contribution in [0.5, 0.6) is 5.75 Å². The smallest absolute Gasteiger partial charge is 0.343 e. The van der Waals surface area contributed by atoms with Gasteiger partial charge in [0.05, 0.1) is 24.6 Å². The van der Waals surface area contributed by atoms with Crippen molar-refractivity contribution in [2.24, 2.45) is 0 Å². The molecule has 2 aromatic heterocycles. The summed E-state index contributed by atoms with van der Waals surface area (Å²) >= 11 is 1.83. The van der Waals surface area contributed by atoms with Crippen molar-refractivity contribution in [3.8, 4) is 16.2 Å². The number of pyridine rings is 1. The third kappa shape index (κ3) is 3.77. The first-order valence-electron chi connectivity index (χ1n) is 11.7. The number of esters is 1. The summed E-state index contributed by atoms with van der Waals surface area (Å²) in [6.07, 6.45) is 7.19. The predicted molar refractivity (Wildman–Crippen MR) is 132 cm³/mol. The van der Waals surface area contributed by atoms with Crippen molar-refractivity contribution in [1.82, 2.24) is 9.47 Å². The Bertz CT molecular complexity index is 1290. The molecule has 0 radical (unpaired) electrons. The van der Waals surface area contributed by atoms with Crippen LogP contribution in [0.2, 0.25) is 0 Å². The van der Waals surface area contributed by atoms with E-state index in [-0.39, 0.29) is 23.6 Å². The van der Waals surface area contributed by atoms with Crippen LogP contribution in [0, 0.1) is 0 Å². The Morgan fingerprint density at radius 2 is 2.03 bits per heavy atom. The van der Waals surface area contributed by atoms with Crippen LogP contribution >= 0.6 is 11.3 Å². The van der Waals surface area contributed by atoms with Crippen LogP contribution < -0.4 is 10.2 Å². The number of methoxy groups -OCH3 is 1. The highest BCUT2D eigenvalue weighted by Gasteiger charge is 2.30. The minimum atomic E-state index is -0.567. The lowest BCUT2D eigenvalue weighted by Crippen LogP contribution is -2.22. The normalized spacial score (nSPS) is 17.9. The molecule has 1 saturated carbocycles. The van der Waals surface area contributed by atoms with E-state index in [0.29, 0.717) is 17.2 Å². The van der Waals surface area contributed by atoms with Gasteiger partial charge in [-0.3, -0.25) is 4.79 Å². The molecular weight excluding hydrogens is 436 g/mol. The summed E-state index contributed by atoms with van der Waals surface area (Å²) in [7, 11) is 5.95. The van der Waals surface area contributed by atoms with Gasteiger partial charge in [0, 0.05) is 33.6 Å². The quantitative estimate of drug-likeness (QED) is 0.468. The van der Waals surface area contributed by atoms with Crippen molar-refractivity contribution in [3.63, 3.8) is 0 Å². The molecule has 5 rings (SSSR count). The zero-order valence-electron chi connectivity index (χ0n) is 19.6. The number of nitrogens with zero attached hydrogens (tertiary/aromatic N) is 2. The molecule has 2 aliphatic carbocycles. The van der Waals surface area contributed by atoms with Crippen molar-refractivity contribution in [3.05, 3.63) is 50.6 Å². The maximum Gasteiger partial charge on any atom is 0.343 e. The number of thiophene rings is 1. The number of carbonyl (C=O) groups is 1. The molecule has 2 aliphatic rings. The van der Waals surface area contributed by atoms with Gasteiger partial charge in [0.2, 0.25) is 5.43 Å². The van der Waals surface area contributed by atoms with E-state index in [1.54, 1.807) is 20.2 Å². The Morgan fingerprint density at radius 1 is 1.24 bits per heavy atom. The third-order valence-corrected chi connectivity index (χ3v) is 8.00. The highest BCUT2D eigenvalue weighted by Crippen LogP contribution is 2.47. The van der Waals surface area contributed by atoms with E-state index in [9.17, 15) is 9.59 Å². The van der Waals surface area contributed by atoms with Crippen LogP contribution in [0.4, 0.5) is 0 Å². The molecule has 7 heteroatoms. The van der Waals surface area contributed by atoms with E-state index in [1.807, 2.05) is 23.5 Å². The number of ether oxygens (including phenoxy) is 2. The number of hydrogen-bond acceptors (Lipinski definition) is 6. The Labute approximate surface area is 197 Å². The molecule has 6 nitrogen and oxygen atoms in total. The SMILES string of the molecule is CCOC(=O)c1cn(C2CC2)c2c(OC)c(-c3cc4c(s3)CCCC4N(C)C)ccc2c1=O. The van der Waals surface area contributed by atoms with E-state index in [4.69, 9.17) is 9.47 Å². The molecule has 3 aromatic rings. The van der Waals surface area contributed by atoms with Crippen molar-refractivity contribution < 1.29 is 14.3 Å². The lowest BCUT2D eigenvalue weighted by Gasteiger charge is -2.28. The highest BCUT2D eigenvalue weighted by molar-refractivity contribution is 7.15. The number of benzene rings is 1. The summed E-state index contributed by atoms with van der Waals surface area (Å²) in [5.41, 5.74) is 2.96. The van der Waals surface area contributed by atoms with E-state index in [0.717, 1.165) is 35.2 Å². The van der Waals surface area contributed by atoms with Crippen LogP contribution in [0.15, 0.2) is 29.2 Å². The molecule has 0 saturated heterocycles. The van der Waals surface area contributed by atoms with Crippen molar-refractivity contribution in [2.75, 3.05) is 27.8 Å². The van der Waals surface area contributed by atoms with Crippen LogP contribution in [0.1, 0.15) is 65.5 Å². The topological polar surface area (TPSA) is 60.8 Å². The largest absolute Gasteiger partial charge is 0.494 e. The first-order valence-corrected chi connectivity index (χ1v) is 12.5. The fourth-order valence-electron chi connectivity index (χ4n) is 5.01. The van der Waals surface area contributed by atoms with Crippen molar-refractivity contribution in [1.29, 1.82) is 0 Å². The van der Waals surface area contributed by atoms with Gasteiger partial charge >= 0.3 is 5.97 Å². The van der Waals surface area contributed by atoms with E-state index in [2.05, 4.69) is 29.6 Å². The number of fused-ring (bicyclic) bond motifs is 2. The van der Waals surface area contributed by atoms with Gasteiger partial charge in [0.25, 0.3) is 0 Å². The summed E-state index contributed by atoms with van der Waals surface area (Å²) in [4.78, 5) is 30.6. The second-order valence-electron chi connectivity index (χ2n) is 9.13. The second-order valence-corrected chi connectivity index (χ2v) is 10.3. The lowest BCUT2D eigenvalue weighted by molar-refractivity contribution is 0.0524. The summed E-state index contributed by atoms with van der Waals surface area (Å²) in [6.45, 7) is 1.98. The molecule has 0 spiro atoms. The van der Waals surface area contributed by atoms with Crippen LogP contribution in [0.3, 0.4) is 0 Å². The molecule has 174 valence electrons. The van der Waals surface area contributed by atoms with E-state index < -0.39 is 5.97 Å². The van der Waals surface area contributed by atoms with Crippen LogP contribution in [-0.2, 0) is 11.2 Å². The molecule has 0 N–H and O–H groups in total. The number of carbonyl (C=O) groups excluding carboxylic acids is 1. The van der Waals surface area contributed by atoms with Gasteiger partial charge < -0.3 is 18.9 Å².